The fourth-order valence-corrected chi connectivity index (χ4v) is 1.59. The molecule has 4 heteroatoms. The molecule has 0 radical (unpaired) electrons. The highest BCUT2D eigenvalue weighted by atomic mass is 16.5. The SMILES string of the molecule is COCc1c(CCC(=O)O)cccc1OC. The second-order valence-corrected chi connectivity index (χ2v) is 3.42. The fraction of sp³-hybridized carbons (Fsp3) is 0.417. The normalized spacial score (nSPS) is 10.1. The molecule has 0 fully saturated rings. The average molecular weight is 224 g/mol. The van der Waals surface area contributed by atoms with E-state index in [4.69, 9.17) is 14.6 Å². The van der Waals surface area contributed by atoms with E-state index in [-0.39, 0.29) is 6.42 Å². The van der Waals surface area contributed by atoms with Gasteiger partial charge in [0.15, 0.2) is 0 Å². The molecule has 4 nitrogen and oxygen atoms in total. The Kier molecular flexibility index (Phi) is 4.79. The number of ether oxygens (including phenoxy) is 2. The zero-order valence-corrected chi connectivity index (χ0v) is 9.53. The number of carboxylic acid groups (broad SMARTS) is 1. The van der Waals surface area contributed by atoms with Crippen molar-refractivity contribution in [1.29, 1.82) is 0 Å². The molecule has 16 heavy (non-hydrogen) atoms. The second-order valence-electron chi connectivity index (χ2n) is 3.42. The maximum Gasteiger partial charge on any atom is 0.303 e. The molecule has 0 aliphatic carbocycles. The summed E-state index contributed by atoms with van der Waals surface area (Å²) in [5.41, 5.74) is 1.89. The minimum atomic E-state index is -0.800. The van der Waals surface area contributed by atoms with Gasteiger partial charge < -0.3 is 14.6 Å². The van der Waals surface area contributed by atoms with Crippen molar-refractivity contribution in [2.24, 2.45) is 0 Å². The molecule has 1 aromatic rings. The molecule has 0 unspecified atom stereocenters. The van der Waals surface area contributed by atoms with Crippen LogP contribution in [0.4, 0.5) is 0 Å². The van der Waals surface area contributed by atoms with Crippen molar-refractivity contribution in [3.63, 3.8) is 0 Å². The molecule has 88 valence electrons. The quantitative estimate of drug-likeness (QED) is 0.801. The maximum atomic E-state index is 10.5. The van der Waals surface area contributed by atoms with Crippen molar-refractivity contribution in [2.75, 3.05) is 14.2 Å². The molecule has 1 aromatic carbocycles. The van der Waals surface area contributed by atoms with E-state index in [1.165, 1.54) is 0 Å². The summed E-state index contributed by atoms with van der Waals surface area (Å²) >= 11 is 0. The molecule has 0 aliphatic rings. The predicted molar refractivity (Wildman–Crippen MR) is 59.7 cm³/mol. The third kappa shape index (κ3) is 3.24. The van der Waals surface area contributed by atoms with Gasteiger partial charge in [-0.05, 0) is 18.1 Å². The predicted octanol–water partition coefficient (Wildman–Crippen LogP) is 1.86. The Hall–Kier alpha value is -1.55. The molecule has 1 rings (SSSR count). The molecule has 0 bridgehead atoms. The van der Waals surface area contributed by atoms with Gasteiger partial charge in [0, 0.05) is 19.1 Å². The van der Waals surface area contributed by atoms with Gasteiger partial charge in [0.2, 0.25) is 0 Å². The van der Waals surface area contributed by atoms with Crippen LogP contribution in [-0.2, 0) is 22.6 Å². The van der Waals surface area contributed by atoms with Crippen LogP contribution in [0.3, 0.4) is 0 Å². The molecule has 0 aliphatic heterocycles. The van der Waals surface area contributed by atoms with Crippen LogP contribution in [0.5, 0.6) is 5.75 Å². The summed E-state index contributed by atoms with van der Waals surface area (Å²) < 4.78 is 10.3. The number of carboxylic acids is 1. The summed E-state index contributed by atoms with van der Waals surface area (Å²) in [4.78, 5) is 10.5. The lowest BCUT2D eigenvalue weighted by Gasteiger charge is -2.12. The summed E-state index contributed by atoms with van der Waals surface area (Å²) in [7, 11) is 3.20. The number of carbonyl (C=O) groups is 1. The van der Waals surface area contributed by atoms with Crippen LogP contribution >= 0.6 is 0 Å². The molecule has 0 atom stereocenters. The molecule has 0 aromatic heterocycles. The molecular formula is C12H16O4. The van der Waals surface area contributed by atoms with Gasteiger partial charge in [0.1, 0.15) is 5.75 Å². The van der Waals surface area contributed by atoms with Crippen LogP contribution < -0.4 is 4.74 Å². The highest BCUT2D eigenvalue weighted by Crippen LogP contribution is 2.24. The Labute approximate surface area is 94.8 Å². The number of aryl methyl sites for hydroxylation is 1. The van der Waals surface area contributed by atoms with Gasteiger partial charge >= 0.3 is 5.97 Å². The first-order chi connectivity index (χ1) is 7.69. The Morgan fingerprint density at radius 3 is 2.69 bits per heavy atom. The standard InChI is InChI=1S/C12H16O4/c1-15-8-10-9(6-7-12(13)14)4-3-5-11(10)16-2/h3-5H,6-8H2,1-2H3,(H,13,14). The van der Waals surface area contributed by atoms with E-state index in [9.17, 15) is 4.79 Å². The number of methoxy groups -OCH3 is 2. The minimum Gasteiger partial charge on any atom is -0.496 e. The molecule has 0 heterocycles. The summed E-state index contributed by atoms with van der Waals surface area (Å²) in [5, 5.41) is 8.66. The molecule has 0 spiro atoms. The van der Waals surface area contributed by atoms with Crippen LogP contribution in [-0.4, -0.2) is 25.3 Å². The average Bonchev–Trinajstić information content (AvgIpc) is 2.27. The van der Waals surface area contributed by atoms with Crippen LogP contribution in [0, 0.1) is 0 Å². The Bertz CT molecular complexity index is 360. The smallest absolute Gasteiger partial charge is 0.303 e. The Morgan fingerprint density at radius 1 is 1.38 bits per heavy atom. The lowest BCUT2D eigenvalue weighted by Crippen LogP contribution is -2.03. The van der Waals surface area contributed by atoms with Gasteiger partial charge in [-0.3, -0.25) is 4.79 Å². The van der Waals surface area contributed by atoms with Crippen LogP contribution in [0.15, 0.2) is 18.2 Å². The van der Waals surface area contributed by atoms with Gasteiger partial charge in [-0.1, -0.05) is 12.1 Å². The fourth-order valence-electron chi connectivity index (χ4n) is 1.59. The lowest BCUT2D eigenvalue weighted by molar-refractivity contribution is -0.136. The van der Waals surface area contributed by atoms with Gasteiger partial charge in [-0.15, -0.1) is 0 Å². The maximum absolute atomic E-state index is 10.5. The molecule has 0 saturated carbocycles. The molecule has 1 N–H and O–H groups in total. The van der Waals surface area contributed by atoms with Crippen molar-refractivity contribution in [2.45, 2.75) is 19.4 Å². The molecular weight excluding hydrogens is 208 g/mol. The van der Waals surface area contributed by atoms with Crippen LogP contribution in [0.2, 0.25) is 0 Å². The first kappa shape index (κ1) is 12.5. The summed E-state index contributed by atoms with van der Waals surface area (Å²) in [6.07, 6.45) is 0.606. The molecule has 0 saturated heterocycles. The highest BCUT2D eigenvalue weighted by molar-refractivity contribution is 5.67. The zero-order valence-electron chi connectivity index (χ0n) is 9.53. The lowest BCUT2D eigenvalue weighted by atomic mass is 10.0. The summed E-state index contributed by atoms with van der Waals surface area (Å²) in [6, 6.07) is 5.60. The van der Waals surface area contributed by atoms with Crippen molar-refractivity contribution in [3.05, 3.63) is 29.3 Å². The first-order valence-electron chi connectivity index (χ1n) is 5.04. The second kappa shape index (κ2) is 6.12. The zero-order chi connectivity index (χ0) is 12.0. The third-order valence-corrected chi connectivity index (χ3v) is 2.35. The molecule has 0 amide bonds. The van der Waals surface area contributed by atoms with E-state index in [0.29, 0.717) is 13.0 Å². The van der Waals surface area contributed by atoms with Gasteiger partial charge in [0.25, 0.3) is 0 Å². The van der Waals surface area contributed by atoms with E-state index in [1.54, 1.807) is 14.2 Å². The minimum absolute atomic E-state index is 0.115. The summed E-state index contributed by atoms with van der Waals surface area (Å²) in [5.74, 6) is -0.0593. The van der Waals surface area contributed by atoms with Crippen LogP contribution in [0.1, 0.15) is 17.5 Å². The third-order valence-electron chi connectivity index (χ3n) is 2.35. The van der Waals surface area contributed by atoms with Crippen molar-refractivity contribution in [3.8, 4) is 5.75 Å². The number of hydrogen-bond donors (Lipinski definition) is 1. The van der Waals surface area contributed by atoms with Gasteiger partial charge in [-0.2, -0.15) is 0 Å². The number of rotatable bonds is 6. The van der Waals surface area contributed by atoms with Gasteiger partial charge in [0.05, 0.1) is 13.7 Å². The van der Waals surface area contributed by atoms with E-state index in [0.717, 1.165) is 16.9 Å². The van der Waals surface area contributed by atoms with Crippen LogP contribution in [0.25, 0.3) is 0 Å². The van der Waals surface area contributed by atoms with E-state index < -0.39 is 5.97 Å². The summed E-state index contributed by atoms with van der Waals surface area (Å²) in [6.45, 7) is 0.430. The van der Waals surface area contributed by atoms with Crippen molar-refractivity contribution < 1.29 is 19.4 Å². The van der Waals surface area contributed by atoms with E-state index in [1.807, 2.05) is 18.2 Å². The monoisotopic (exact) mass is 224 g/mol. The van der Waals surface area contributed by atoms with E-state index >= 15 is 0 Å². The number of benzene rings is 1. The Balaban J connectivity index is 2.92. The Morgan fingerprint density at radius 2 is 2.12 bits per heavy atom. The van der Waals surface area contributed by atoms with E-state index in [2.05, 4.69) is 0 Å². The van der Waals surface area contributed by atoms with Gasteiger partial charge in [-0.25, -0.2) is 0 Å². The first-order valence-corrected chi connectivity index (χ1v) is 5.04. The number of aliphatic carboxylic acids is 1. The van der Waals surface area contributed by atoms with Crippen molar-refractivity contribution in [1.82, 2.24) is 0 Å². The largest absolute Gasteiger partial charge is 0.496 e. The van der Waals surface area contributed by atoms with Crippen molar-refractivity contribution >= 4 is 5.97 Å². The number of hydrogen-bond acceptors (Lipinski definition) is 3. The highest BCUT2D eigenvalue weighted by Gasteiger charge is 2.09. The topological polar surface area (TPSA) is 55.8 Å².